The standard InChI is InChI=1S/C15H20O3/c1-10-8-12(9-17-10)15(16)11-2-4-13(5-3-11)18-14-6-7-14/h2-5,10,12,14-16H,6-9H2,1H3. The van der Waals surface area contributed by atoms with Crippen molar-refractivity contribution >= 4 is 0 Å². The van der Waals surface area contributed by atoms with E-state index in [0.29, 0.717) is 12.7 Å². The van der Waals surface area contributed by atoms with Crippen LogP contribution in [0, 0.1) is 5.92 Å². The molecule has 1 saturated carbocycles. The molecular weight excluding hydrogens is 228 g/mol. The van der Waals surface area contributed by atoms with Crippen LogP contribution in [0.3, 0.4) is 0 Å². The molecule has 1 aliphatic heterocycles. The van der Waals surface area contributed by atoms with Crippen LogP contribution < -0.4 is 4.74 Å². The van der Waals surface area contributed by atoms with Gasteiger partial charge in [0.25, 0.3) is 0 Å². The quantitative estimate of drug-likeness (QED) is 0.890. The molecule has 0 amide bonds. The fraction of sp³-hybridized carbons (Fsp3) is 0.600. The zero-order valence-electron chi connectivity index (χ0n) is 10.7. The minimum Gasteiger partial charge on any atom is -0.490 e. The number of rotatable bonds is 4. The van der Waals surface area contributed by atoms with Crippen LogP contribution in [0.2, 0.25) is 0 Å². The van der Waals surface area contributed by atoms with Gasteiger partial charge in [0.15, 0.2) is 0 Å². The zero-order valence-corrected chi connectivity index (χ0v) is 10.7. The largest absolute Gasteiger partial charge is 0.490 e. The molecule has 0 bridgehead atoms. The van der Waals surface area contributed by atoms with Gasteiger partial charge in [0.2, 0.25) is 0 Å². The Hall–Kier alpha value is -1.06. The van der Waals surface area contributed by atoms with Crippen LogP contribution in [0.5, 0.6) is 5.75 Å². The van der Waals surface area contributed by atoms with Crippen LogP contribution in [0.25, 0.3) is 0 Å². The third-order valence-corrected chi connectivity index (χ3v) is 3.72. The van der Waals surface area contributed by atoms with E-state index in [1.807, 2.05) is 24.3 Å². The molecule has 3 heteroatoms. The molecule has 2 fully saturated rings. The second-order valence-electron chi connectivity index (χ2n) is 5.47. The van der Waals surface area contributed by atoms with Crippen LogP contribution in [0.1, 0.15) is 37.9 Å². The lowest BCUT2D eigenvalue weighted by Crippen LogP contribution is -2.12. The second-order valence-corrected chi connectivity index (χ2v) is 5.47. The maximum absolute atomic E-state index is 10.3. The van der Waals surface area contributed by atoms with Crippen molar-refractivity contribution in [3.05, 3.63) is 29.8 Å². The monoisotopic (exact) mass is 248 g/mol. The van der Waals surface area contributed by atoms with Gasteiger partial charge >= 0.3 is 0 Å². The van der Waals surface area contributed by atoms with Crippen molar-refractivity contribution in [2.45, 2.75) is 44.5 Å². The van der Waals surface area contributed by atoms with Crippen molar-refractivity contribution in [3.63, 3.8) is 0 Å². The van der Waals surface area contributed by atoms with Gasteiger partial charge in [0.05, 0.1) is 24.9 Å². The lowest BCUT2D eigenvalue weighted by Gasteiger charge is -2.17. The van der Waals surface area contributed by atoms with Crippen molar-refractivity contribution in [1.29, 1.82) is 0 Å². The molecule has 1 heterocycles. The van der Waals surface area contributed by atoms with Crippen molar-refractivity contribution in [3.8, 4) is 5.75 Å². The fourth-order valence-corrected chi connectivity index (χ4v) is 2.46. The average molecular weight is 248 g/mol. The molecule has 3 unspecified atom stereocenters. The van der Waals surface area contributed by atoms with Gasteiger partial charge < -0.3 is 14.6 Å². The molecule has 3 nitrogen and oxygen atoms in total. The van der Waals surface area contributed by atoms with Gasteiger partial charge in [-0.15, -0.1) is 0 Å². The van der Waals surface area contributed by atoms with Crippen LogP contribution in [-0.2, 0) is 4.74 Å². The molecule has 1 N–H and O–H groups in total. The Balaban J connectivity index is 1.63. The summed E-state index contributed by atoms with van der Waals surface area (Å²) in [6.45, 7) is 2.71. The van der Waals surface area contributed by atoms with E-state index in [4.69, 9.17) is 9.47 Å². The third-order valence-electron chi connectivity index (χ3n) is 3.72. The SMILES string of the molecule is CC1CC(C(O)c2ccc(OC3CC3)cc2)CO1. The summed E-state index contributed by atoms with van der Waals surface area (Å²) in [5, 5.41) is 10.3. The Kier molecular flexibility index (Phi) is 3.27. The minimum absolute atomic E-state index is 0.218. The number of ether oxygens (including phenoxy) is 2. The molecule has 18 heavy (non-hydrogen) atoms. The van der Waals surface area contributed by atoms with Crippen molar-refractivity contribution in [1.82, 2.24) is 0 Å². The highest BCUT2D eigenvalue weighted by Gasteiger charge is 2.29. The highest BCUT2D eigenvalue weighted by atomic mass is 16.5. The number of aliphatic hydroxyl groups is 1. The van der Waals surface area contributed by atoms with Gasteiger partial charge in [-0.3, -0.25) is 0 Å². The first-order valence-corrected chi connectivity index (χ1v) is 6.78. The number of hydrogen-bond donors (Lipinski definition) is 1. The molecule has 3 rings (SSSR count). The molecule has 1 aliphatic carbocycles. The fourth-order valence-electron chi connectivity index (χ4n) is 2.46. The van der Waals surface area contributed by atoms with E-state index in [2.05, 4.69) is 6.92 Å². The predicted octanol–water partition coefficient (Wildman–Crippen LogP) is 2.69. The Morgan fingerprint density at radius 3 is 2.56 bits per heavy atom. The molecule has 98 valence electrons. The maximum atomic E-state index is 10.3. The number of hydrogen-bond acceptors (Lipinski definition) is 3. The van der Waals surface area contributed by atoms with Crippen molar-refractivity contribution in [2.24, 2.45) is 5.92 Å². The first-order valence-electron chi connectivity index (χ1n) is 6.78. The first kappa shape index (κ1) is 12.0. The number of benzene rings is 1. The summed E-state index contributed by atoms with van der Waals surface area (Å²) in [4.78, 5) is 0. The molecule has 1 aromatic rings. The Morgan fingerprint density at radius 1 is 1.28 bits per heavy atom. The van der Waals surface area contributed by atoms with E-state index >= 15 is 0 Å². The van der Waals surface area contributed by atoms with E-state index < -0.39 is 6.10 Å². The van der Waals surface area contributed by atoms with Gasteiger partial charge in [-0.1, -0.05) is 12.1 Å². The molecule has 2 aliphatic rings. The second kappa shape index (κ2) is 4.90. The van der Waals surface area contributed by atoms with Crippen LogP contribution in [0.15, 0.2) is 24.3 Å². The first-order chi connectivity index (χ1) is 8.72. The lowest BCUT2D eigenvalue weighted by atomic mass is 9.94. The summed E-state index contributed by atoms with van der Waals surface area (Å²) in [5.74, 6) is 1.12. The Bertz CT molecular complexity index is 397. The highest BCUT2D eigenvalue weighted by Crippen LogP contribution is 2.33. The summed E-state index contributed by atoms with van der Waals surface area (Å²) >= 11 is 0. The minimum atomic E-state index is -0.426. The summed E-state index contributed by atoms with van der Waals surface area (Å²) < 4.78 is 11.2. The molecule has 1 saturated heterocycles. The zero-order chi connectivity index (χ0) is 12.5. The Labute approximate surface area is 108 Å². The smallest absolute Gasteiger partial charge is 0.119 e. The van der Waals surface area contributed by atoms with E-state index in [1.54, 1.807) is 0 Å². The van der Waals surface area contributed by atoms with Gasteiger partial charge in [0.1, 0.15) is 5.75 Å². The topological polar surface area (TPSA) is 38.7 Å². The van der Waals surface area contributed by atoms with Gasteiger partial charge in [-0.25, -0.2) is 0 Å². The molecular formula is C15H20O3. The summed E-state index contributed by atoms with van der Waals surface area (Å²) in [6.07, 6.45) is 3.53. The molecule has 0 radical (unpaired) electrons. The van der Waals surface area contributed by atoms with E-state index in [9.17, 15) is 5.11 Å². The molecule has 0 aromatic heterocycles. The van der Waals surface area contributed by atoms with E-state index in [0.717, 1.165) is 17.7 Å². The predicted molar refractivity (Wildman–Crippen MR) is 68.6 cm³/mol. The summed E-state index contributed by atoms with van der Waals surface area (Å²) in [7, 11) is 0. The van der Waals surface area contributed by atoms with Crippen molar-refractivity contribution < 1.29 is 14.6 Å². The van der Waals surface area contributed by atoms with Crippen LogP contribution >= 0.6 is 0 Å². The van der Waals surface area contributed by atoms with Crippen LogP contribution in [0.4, 0.5) is 0 Å². The molecule has 1 aromatic carbocycles. The van der Waals surface area contributed by atoms with E-state index in [1.165, 1.54) is 12.8 Å². The molecule has 0 spiro atoms. The summed E-state index contributed by atoms with van der Waals surface area (Å²) in [6, 6.07) is 7.84. The normalized spacial score (nSPS) is 29.2. The van der Waals surface area contributed by atoms with Gasteiger partial charge in [-0.2, -0.15) is 0 Å². The average Bonchev–Trinajstić information content (AvgIpc) is 3.09. The van der Waals surface area contributed by atoms with E-state index in [-0.39, 0.29) is 12.0 Å². The Morgan fingerprint density at radius 2 is 2.00 bits per heavy atom. The van der Waals surface area contributed by atoms with Crippen LogP contribution in [-0.4, -0.2) is 23.9 Å². The summed E-state index contributed by atoms with van der Waals surface area (Å²) in [5.41, 5.74) is 0.959. The van der Waals surface area contributed by atoms with Gasteiger partial charge in [0, 0.05) is 5.92 Å². The lowest BCUT2D eigenvalue weighted by molar-refractivity contribution is 0.0804. The van der Waals surface area contributed by atoms with Gasteiger partial charge in [-0.05, 0) is 43.9 Å². The third kappa shape index (κ3) is 2.68. The maximum Gasteiger partial charge on any atom is 0.119 e. The highest BCUT2D eigenvalue weighted by molar-refractivity contribution is 5.29. The molecule has 3 atom stereocenters. The number of aliphatic hydroxyl groups excluding tert-OH is 1. The van der Waals surface area contributed by atoms with Crippen molar-refractivity contribution in [2.75, 3.05) is 6.61 Å².